The van der Waals surface area contributed by atoms with Gasteiger partial charge in [-0.15, -0.1) is 0 Å². The van der Waals surface area contributed by atoms with Gasteiger partial charge in [0.25, 0.3) is 5.91 Å². The summed E-state index contributed by atoms with van der Waals surface area (Å²) in [6.45, 7) is 2.24. The van der Waals surface area contributed by atoms with Crippen molar-refractivity contribution in [3.8, 4) is 0 Å². The number of piperidine rings is 1. The quantitative estimate of drug-likeness (QED) is 0.814. The van der Waals surface area contributed by atoms with Gasteiger partial charge < -0.3 is 11.1 Å². The van der Waals surface area contributed by atoms with Crippen molar-refractivity contribution in [1.29, 1.82) is 0 Å². The maximum atomic E-state index is 12.3. The first-order chi connectivity index (χ1) is 9.63. The van der Waals surface area contributed by atoms with Crippen molar-refractivity contribution in [2.75, 3.05) is 18.8 Å². The number of fused-ring (bicyclic) bond motifs is 1. The van der Waals surface area contributed by atoms with E-state index in [-0.39, 0.29) is 22.9 Å². The van der Waals surface area contributed by atoms with Gasteiger partial charge in [-0.25, -0.2) is 4.98 Å². The maximum Gasteiger partial charge on any atom is 0.251 e. The first kappa shape index (κ1) is 13.6. The number of nitrogens with two attached hydrogens (primary N) is 1. The number of rotatable bonds is 2. The third kappa shape index (κ3) is 2.74. The summed E-state index contributed by atoms with van der Waals surface area (Å²) in [5.74, 6) is 0.159. The number of nitrogen functional groups attached to an aromatic ring is 1. The van der Waals surface area contributed by atoms with Crippen LogP contribution in [0.2, 0.25) is 5.15 Å². The molecule has 108 valence electrons. The van der Waals surface area contributed by atoms with Gasteiger partial charge in [-0.1, -0.05) is 18.0 Å². The molecule has 2 fully saturated rings. The fourth-order valence-corrected chi connectivity index (χ4v) is 3.53. The van der Waals surface area contributed by atoms with Gasteiger partial charge in [-0.2, -0.15) is 0 Å². The molecule has 2 unspecified atom stereocenters. The summed E-state index contributed by atoms with van der Waals surface area (Å²) in [6.07, 6.45) is 4.71. The smallest absolute Gasteiger partial charge is 0.251 e. The molecule has 3 N–H and O–H groups in total. The number of anilines is 1. The second kappa shape index (κ2) is 5.58. The van der Waals surface area contributed by atoms with Gasteiger partial charge in [0.05, 0.1) is 0 Å². The zero-order valence-electron chi connectivity index (χ0n) is 11.3. The summed E-state index contributed by atoms with van der Waals surface area (Å²) in [5, 5.41) is 3.38. The average Bonchev–Trinajstić information content (AvgIpc) is 2.81. The van der Waals surface area contributed by atoms with Crippen molar-refractivity contribution in [3.05, 3.63) is 22.8 Å². The molecule has 1 aromatic heterocycles. The van der Waals surface area contributed by atoms with Gasteiger partial charge >= 0.3 is 0 Å². The Morgan fingerprint density at radius 2 is 2.20 bits per heavy atom. The molecule has 0 spiro atoms. The highest BCUT2D eigenvalue weighted by Crippen LogP contribution is 2.27. The predicted molar refractivity (Wildman–Crippen MR) is 78.7 cm³/mol. The van der Waals surface area contributed by atoms with E-state index in [0.29, 0.717) is 11.6 Å². The molecule has 1 aromatic rings. The van der Waals surface area contributed by atoms with E-state index in [4.69, 9.17) is 17.3 Å². The molecule has 0 aromatic carbocycles. The Kier molecular flexibility index (Phi) is 3.81. The van der Waals surface area contributed by atoms with Gasteiger partial charge in [-0.3, -0.25) is 9.69 Å². The predicted octanol–water partition coefficient (Wildman–Crippen LogP) is 1.67. The Balaban J connectivity index is 1.69. The number of nitrogens with one attached hydrogen (secondary N) is 1. The van der Waals surface area contributed by atoms with Gasteiger partial charge in [0.2, 0.25) is 0 Å². The minimum atomic E-state index is -0.113. The van der Waals surface area contributed by atoms with Gasteiger partial charge in [-0.05, 0) is 37.9 Å². The number of carbonyl (C=O) groups excluding carboxylic acids is 1. The van der Waals surface area contributed by atoms with Crippen LogP contribution in [0.4, 0.5) is 5.82 Å². The molecule has 2 aliphatic heterocycles. The summed E-state index contributed by atoms with van der Waals surface area (Å²) in [7, 11) is 0. The number of amides is 1. The monoisotopic (exact) mass is 294 g/mol. The largest absolute Gasteiger partial charge is 0.384 e. The third-order valence-corrected chi connectivity index (χ3v) is 4.44. The molecular formula is C14H19ClN4O. The average molecular weight is 295 g/mol. The number of halogens is 1. The first-order valence-electron chi connectivity index (χ1n) is 7.11. The van der Waals surface area contributed by atoms with Crippen LogP contribution in [0.1, 0.15) is 36.0 Å². The van der Waals surface area contributed by atoms with Crippen LogP contribution >= 0.6 is 11.6 Å². The van der Waals surface area contributed by atoms with E-state index in [1.54, 1.807) is 12.1 Å². The number of hydrogen-bond donors (Lipinski definition) is 2. The van der Waals surface area contributed by atoms with Crippen LogP contribution in [-0.4, -0.2) is 41.0 Å². The zero-order chi connectivity index (χ0) is 14.1. The van der Waals surface area contributed by atoms with Crippen LogP contribution in [0.5, 0.6) is 0 Å². The molecule has 0 radical (unpaired) electrons. The normalized spacial score (nSPS) is 26.2. The van der Waals surface area contributed by atoms with E-state index in [1.807, 2.05) is 0 Å². The number of nitrogens with zero attached hydrogens (tertiary/aromatic N) is 2. The first-order valence-corrected chi connectivity index (χ1v) is 7.49. The lowest BCUT2D eigenvalue weighted by molar-refractivity contribution is 0.0915. The zero-order valence-corrected chi connectivity index (χ0v) is 12.1. The number of hydrogen-bond acceptors (Lipinski definition) is 4. The summed E-state index contributed by atoms with van der Waals surface area (Å²) in [5.41, 5.74) is 6.11. The summed E-state index contributed by atoms with van der Waals surface area (Å²) < 4.78 is 0. The van der Waals surface area contributed by atoms with Crippen LogP contribution in [-0.2, 0) is 0 Å². The molecule has 1 amide bonds. The SMILES string of the molecule is Nc1cc(C(=O)NC2CCN3CCCCC23)cc(Cl)n1. The summed E-state index contributed by atoms with van der Waals surface area (Å²) in [4.78, 5) is 18.7. The molecule has 2 saturated heterocycles. The van der Waals surface area contributed by atoms with E-state index in [2.05, 4.69) is 15.2 Å². The van der Waals surface area contributed by atoms with Crippen molar-refractivity contribution >= 4 is 23.3 Å². The molecule has 5 nitrogen and oxygen atoms in total. The summed E-state index contributed by atoms with van der Waals surface area (Å²) >= 11 is 5.84. The molecule has 3 heterocycles. The molecule has 0 bridgehead atoms. The van der Waals surface area contributed by atoms with E-state index in [0.717, 1.165) is 19.5 Å². The van der Waals surface area contributed by atoms with Gasteiger partial charge in [0.1, 0.15) is 11.0 Å². The lowest BCUT2D eigenvalue weighted by atomic mass is 9.99. The highest BCUT2D eigenvalue weighted by Gasteiger charge is 2.36. The van der Waals surface area contributed by atoms with Crippen LogP contribution in [0.3, 0.4) is 0 Å². The van der Waals surface area contributed by atoms with Crippen molar-refractivity contribution < 1.29 is 4.79 Å². The standard InChI is InChI=1S/C14H19ClN4O/c15-12-7-9(8-13(16)18-12)14(20)17-10-4-6-19-5-2-1-3-11(10)19/h7-8,10-11H,1-6H2,(H2,16,18)(H,17,20). The topological polar surface area (TPSA) is 71.2 Å². The van der Waals surface area contributed by atoms with Crippen LogP contribution < -0.4 is 11.1 Å². The lowest BCUT2D eigenvalue weighted by Crippen LogP contribution is -2.46. The Hall–Kier alpha value is -1.33. The number of carbonyl (C=O) groups is 1. The minimum Gasteiger partial charge on any atom is -0.384 e. The van der Waals surface area contributed by atoms with Crippen molar-refractivity contribution in [3.63, 3.8) is 0 Å². The van der Waals surface area contributed by atoms with E-state index < -0.39 is 0 Å². The van der Waals surface area contributed by atoms with Crippen LogP contribution in [0.25, 0.3) is 0 Å². The Labute approximate surface area is 123 Å². The lowest BCUT2D eigenvalue weighted by Gasteiger charge is -2.32. The fraction of sp³-hybridized carbons (Fsp3) is 0.571. The highest BCUT2D eigenvalue weighted by atomic mass is 35.5. The number of aromatic nitrogens is 1. The van der Waals surface area contributed by atoms with Crippen LogP contribution in [0, 0.1) is 0 Å². The summed E-state index contributed by atoms with van der Waals surface area (Å²) in [6, 6.07) is 3.84. The van der Waals surface area contributed by atoms with Crippen molar-refractivity contribution in [1.82, 2.24) is 15.2 Å². The molecule has 0 aliphatic carbocycles. The van der Waals surface area contributed by atoms with Gasteiger partial charge in [0.15, 0.2) is 0 Å². The Morgan fingerprint density at radius 1 is 1.35 bits per heavy atom. The molecule has 3 rings (SSSR count). The van der Waals surface area contributed by atoms with E-state index >= 15 is 0 Å². The molecule has 2 aliphatic rings. The van der Waals surface area contributed by atoms with Crippen LogP contribution in [0.15, 0.2) is 12.1 Å². The third-order valence-electron chi connectivity index (χ3n) is 4.25. The fourth-order valence-electron chi connectivity index (χ4n) is 3.32. The van der Waals surface area contributed by atoms with Gasteiger partial charge in [0, 0.05) is 24.2 Å². The second-order valence-electron chi connectivity index (χ2n) is 5.57. The number of pyridine rings is 1. The Bertz CT molecular complexity index is 502. The molecule has 6 heteroatoms. The molecule has 2 atom stereocenters. The Morgan fingerprint density at radius 3 is 3.00 bits per heavy atom. The molecule has 20 heavy (non-hydrogen) atoms. The minimum absolute atomic E-state index is 0.113. The molecular weight excluding hydrogens is 276 g/mol. The highest BCUT2D eigenvalue weighted by molar-refractivity contribution is 6.29. The molecule has 0 saturated carbocycles. The van der Waals surface area contributed by atoms with Crippen molar-refractivity contribution in [2.45, 2.75) is 37.8 Å². The van der Waals surface area contributed by atoms with E-state index in [1.165, 1.54) is 19.3 Å². The van der Waals surface area contributed by atoms with E-state index in [9.17, 15) is 4.79 Å². The maximum absolute atomic E-state index is 12.3. The van der Waals surface area contributed by atoms with Crippen molar-refractivity contribution in [2.24, 2.45) is 0 Å². The second-order valence-corrected chi connectivity index (χ2v) is 5.96.